The third kappa shape index (κ3) is 2.60. The highest BCUT2D eigenvalue weighted by Gasteiger charge is 2.27. The van der Waals surface area contributed by atoms with Crippen LogP contribution in [0.3, 0.4) is 0 Å². The molecule has 0 fully saturated rings. The van der Waals surface area contributed by atoms with E-state index in [-0.39, 0.29) is 6.10 Å². The number of para-hydroxylation sites is 1. The van der Waals surface area contributed by atoms with Gasteiger partial charge in [-0.2, -0.15) is 0 Å². The molecule has 0 spiro atoms. The average molecular weight is 296 g/mol. The summed E-state index contributed by atoms with van der Waals surface area (Å²) in [4.78, 5) is 0. The van der Waals surface area contributed by atoms with Crippen LogP contribution in [0.2, 0.25) is 0 Å². The molecule has 1 aliphatic heterocycles. The maximum Gasteiger partial charge on any atom is 0.125 e. The first-order valence-electron chi connectivity index (χ1n) is 7.33. The van der Waals surface area contributed by atoms with E-state index >= 15 is 0 Å². The summed E-state index contributed by atoms with van der Waals surface area (Å²) in [5, 5.41) is 0. The number of ether oxygens (including phenoxy) is 3. The lowest BCUT2D eigenvalue weighted by Crippen LogP contribution is -2.01. The summed E-state index contributed by atoms with van der Waals surface area (Å²) in [6.45, 7) is 2.74. The van der Waals surface area contributed by atoms with Gasteiger partial charge in [0.25, 0.3) is 0 Å². The van der Waals surface area contributed by atoms with Gasteiger partial charge in [0.2, 0.25) is 0 Å². The van der Waals surface area contributed by atoms with Gasteiger partial charge >= 0.3 is 0 Å². The summed E-state index contributed by atoms with van der Waals surface area (Å²) in [5.41, 5.74) is 4.72. The molecular formula is C19H20O3. The quantitative estimate of drug-likeness (QED) is 0.844. The van der Waals surface area contributed by atoms with Crippen LogP contribution in [0, 0.1) is 0 Å². The summed E-state index contributed by atoms with van der Waals surface area (Å²) in [6.07, 6.45) is -0.0479. The van der Waals surface area contributed by atoms with Gasteiger partial charge in [-0.25, -0.2) is 0 Å². The van der Waals surface area contributed by atoms with Gasteiger partial charge in [0.05, 0.1) is 20.8 Å². The number of methoxy groups -OCH3 is 2. The highest BCUT2D eigenvalue weighted by atomic mass is 16.5. The summed E-state index contributed by atoms with van der Waals surface area (Å²) in [6, 6.07) is 16.1. The zero-order valence-corrected chi connectivity index (χ0v) is 13.1. The molecule has 1 atom stereocenters. The molecule has 3 heteroatoms. The Balaban J connectivity index is 1.95. The van der Waals surface area contributed by atoms with E-state index in [9.17, 15) is 0 Å². The van der Waals surface area contributed by atoms with Crippen molar-refractivity contribution in [2.45, 2.75) is 13.0 Å². The summed E-state index contributed by atoms with van der Waals surface area (Å²) in [5.74, 6) is 1.73. The van der Waals surface area contributed by atoms with Crippen LogP contribution in [-0.2, 0) is 4.74 Å². The van der Waals surface area contributed by atoms with Gasteiger partial charge in [-0.05, 0) is 41.8 Å². The monoisotopic (exact) mass is 296 g/mol. The van der Waals surface area contributed by atoms with Crippen LogP contribution in [0.4, 0.5) is 0 Å². The topological polar surface area (TPSA) is 27.7 Å². The lowest BCUT2D eigenvalue weighted by Gasteiger charge is -2.15. The van der Waals surface area contributed by atoms with Crippen molar-refractivity contribution in [2.24, 2.45) is 0 Å². The molecule has 3 rings (SSSR count). The van der Waals surface area contributed by atoms with Crippen LogP contribution in [0.25, 0.3) is 5.57 Å². The molecule has 2 aromatic rings. The van der Waals surface area contributed by atoms with E-state index in [1.54, 1.807) is 14.2 Å². The smallest absolute Gasteiger partial charge is 0.125 e. The Hall–Kier alpha value is -2.26. The van der Waals surface area contributed by atoms with Gasteiger partial charge in [-0.15, -0.1) is 0 Å². The minimum Gasteiger partial charge on any atom is -0.497 e. The Morgan fingerprint density at radius 1 is 0.955 bits per heavy atom. The van der Waals surface area contributed by atoms with Crippen molar-refractivity contribution in [3.05, 3.63) is 65.2 Å². The molecule has 3 nitrogen and oxygen atoms in total. The first-order chi connectivity index (χ1) is 10.7. The average Bonchev–Trinajstić information content (AvgIpc) is 2.96. The lowest BCUT2D eigenvalue weighted by molar-refractivity contribution is 0.122. The Bertz CT molecular complexity index is 686. The second kappa shape index (κ2) is 6.24. The fourth-order valence-corrected chi connectivity index (χ4v) is 2.87. The van der Waals surface area contributed by atoms with Gasteiger partial charge in [-0.3, -0.25) is 0 Å². The van der Waals surface area contributed by atoms with E-state index in [2.05, 4.69) is 25.1 Å². The normalized spacial score (nSPS) is 17.7. The predicted molar refractivity (Wildman–Crippen MR) is 87.3 cm³/mol. The molecule has 2 aromatic carbocycles. The second-order valence-electron chi connectivity index (χ2n) is 5.32. The van der Waals surface area contributed by atoms with Crippen molar-refractivity contribution < 1.29 is 14.2 Å². The van der Waals surface area contributed by atoms with Crippen molar-refractivity contribution in [3.63, 3.8) is 0 Å². The second-order valence-corrected chi connectivity index (χ2v) is 5.32. The highest BCUT2D eigenvalue weighted by molar-refractivity contribution is 5.72. The number of rotatable bonds is 4. The van der Waals surface area contributed by atoms with Crippen LogP contribution >= 0.6 is 0 Å². The third-order valence-corrected chi connectivity index (χ3v) is 4.12. The lowest BCUT2D eigenvalue weighted by atomic mass is 9.96. The van der Waals surface area contributed by atoms with Crippen molar-refractivity contribution in [3.8, 4) is 11.5 Å². The van der Waals surface area contributed by atoms with Crippen LogP contribution in [0.5, 0.6) is 11.5 Å². The van der Waals surface area contributed by atoms with E-state index in [1.807, 2.05) is 30.3 Å². The first kappa shape index (κ1) is 14.7. The zero-order valence-electron chi connectivity index (χ0n) is 13.1. The van der Waals surface area contributed by atoms with Crippen LogP contribution in [0.15, 0.2) is 54.1 Å². The van der Waals surface area contributed by atoms with E-state index in [0.717, 1.165) is 17.1 Å². The Morgan fingerprint density at radius 2 is 1.68 bits per heavy atom. The molecule has 0 bridgehead atoms. The fourth-order valence-electron chi connectivity index (χ4n) is 2.87. The summed E-state index contributed by atoms with van der Waals surface area (Å²) >= 11 is 0. The molecular weight excluding hydrogens is 276 g/mol. The molecule has 1 unspecified atom stereocenters. The van der Waals surface area contributed by atoms with Gasteiger partial charge < -0.3 is 14.2 Å². The number of hydrogen-bond donors (Lipinski definition) is 0. The predicted octanol–water partition coefficient (Wildman–Crippen LogP) is 4.25. The van der Waals surface area contributed by atoms with Crippen molar-refractivity contribution in [1.82, 2.24) is 0 Å². The van der Waals surface area contributed by atoms with Gasteiger partial charge in [-0.1, -0.05) is 30.3 Å². The maximum absolute atomic E-state index is 6.03. The molecule has 0 saturated carbocycles. The van der Waals surface area contributed by atoms with Crippen molar-refractivity contribution in [2.75, 3.05) is 20.8 Å². The van der Waals surface area contributed by atoms with Crippen LogP contribution in [0.1, 0.15) is 24.2 Å². The standard InChI is InChI=1S/C19H20O3/c1-13-17(14-8-10-15(20-2)11-9-14)12-22-19(13)16-6-4-5-7-18(16)21-3/h4-11,19H,12H2,1-3H3. The summed E-state index contributed by atoms with van der Waals surface area (Å²) < 4.78 is 16.7. The van der Waals surface area contributed by atoms with Gasteiger partial charge in [0, 0.05) is 5.56 Å². The minimum absolute atomic E-state index is 0.0479. The molecule has 22 heavy (non-hydrogen) atoms. The van der Waals surface area contributed by atoms with E-state index in [4.69, 9.17) is 14.2 Å². The largest absolute Gasteiger partial charge is 0.497 e. The molecule has 0 aliphatic carbocycles. The van der Waals surface area contributed by atoms with Crippen LogP contribution < -0.4 is 9.47 Å². The van der Waals surface area contributed by atoms with Crippen LogP contribution in [-0.4, -0.2) is 20.8 Å². The Morgan fingerprint density at radius 3 is 2.36 bits per heavy atom. The number of benzene rings is 2. The molecule has 1 heterocycles. The Kier molecular flexibility index (Phi) is 4.16. The zero-order chi connectivity index (χ0) is 15.5. The molecule has 0 radical (unpaired) electrons. The highest BCUT2D eigenvalue weighted by Crippen LogP contribution is 2.41. The van der Waals surface area contributed by atoms with Crippen molar-refractivity contribution >= 4 is 5.57 Å². The van der Waals surface area contributed by atoms with Gasteiger partial charge in [0.1, 0.15) is 17.6 Å². The molecule has 0 aromatic heterocycles. The number of hydrogen-bond acceptors (Lipinski definition) is 3. The summed E-state index contributed by atoms with van der Waals surface area (Å²) in [7, 11) is 3.37. The Labute approximate surface area is 131 Å². The third-order valence-electron chi connectivity index (χ3n) is 4.12. The van der Waals surface area contributed by atoms with E-state index < -0.39 is 0 Å². The minimum atomic E-state index is -0.0479. The maximum atomic E-state index is 6.03. The molecule has 114 valence electrons. The molecule has 0 saturated heterocycles. The van der Waals surface area contributed by atoms with E-state index in [0.29, 0.717) is 6.61 Å². The molecule has 1 aliphatic rings. The molecule has 0 amide bonds. The fraction of sp³-hybridized carbons (Fsp3) is 0.263. The van der Waals surface area contributed by atoms with Gasteiger partial charge in [0.15, 0.2) is 0 Å². The van der Waals surface area contributed by atoms with Crippen molar-refractivity contribution in [1.29, 1.82) is 0 Å². The first-order valence-corrected chi connectivity index (χ1v) is 7.33. The SMILES string of the molecule is COc1ccc(C2=C(C)C(c3ccccc3OC)OC2)cc1. The van der Waals surface area contributed by atoms with E-state index in [1.165, 1.54) is 16.7 Å². The molecule has 0 N–H and O–H groups in total.